The molecule has 0 amide bonds. The molecule has 31 heavy (non-hydrogen) atoms. The highest BCUT2D eigenvalue weighted by molar-refractivity contribution is 5.70. The Balaban J connectivity index is 1.85. The lowest BCUT2D eigenvalue weighted by atomic mass is 9.75. The number of rotatable bonds is 6. The number of aromatic nitrogens is 2. The van der Waals surface area contributed by atoms with E-state index in [2.05, 4.69) is 64.5 Å². The van der Waals surface area contributed by atoms with Crippen molar-refractivity contribution in [2.45, 2.75) is 63.8 Å². The van der Waals surface area contributed by atoms with Gasteiger partial charge in [0.15, 0.2) is 0 Å². The van der Waals surface area contributed by atoms with E-state index in [0.717, 1.165) is 62.4 Å². The minimum Gasteiger partial charge on any atom is -0.365 e. The molecule has 162 valence electrons. The van der Waals surface area contributed by atoms with E-state index in [1.807, 2.05) is 7.05 Å². The summed E-state index contributed by atoms with van der Waals surface area (Å²) in [6.45, 7) is 11.6. The second-order valence-electron chi connectivity index (χ2n) is 9.01. The molecule has 1 aromatic carbocycles. The molecule has 1 aliphatic carbocycles. The first-order chi connectivity index (χ1) is 15.0. The highest BCUT2D eigenvalue weighted by Crippen LogP contribution is 2.44. The third-order valence-corrected chi connectivity index (χ3v) is 7.07. The van der Waals surface area contributed by atoms with Crippen molar-refractivity contribution in [3.05, 3.63) is 81.7 Å². The van der Waals surface area contributed by atoms with Gasteiger partial charge in [0.25, 0.3) is 5.56 Å². The van der Waals surface area contributed by atoms with Gasteiger partial charge in [-0.1, -0.05) is 69.7 Å². The summed E-state index contributed by atoms with van der Waals surface area (Å²) in [4.78, 5) is 19.7. The monoisotopic (exact) mass is 415 g/mol. The first kappa shape index (κ1) is 21.4. The highest BCUT2D eigenvalue weighted by atomic mass is 16.1. The molecule has 0 radical (unpaired) electrons. The average molecular weight is 416 g/mol. The lowest BCUT2D eigenvalue weighted by molar-refractivity contribution is 0.372. The summed E-state index contributed by atoms with van der Waals surface area (Å²) in [6.07, 6.45) is 9.39. The topological polar surface area (TPSA) is 38.1 Å². The van der Waals surface area contributed by atoms with Crippen LogP contribution in [0.25, 0.3) is 11.8 Å². The van der Waals surface area contributed by atoms with Crippen molar-refractivity contribution in [1.29, 1.82) is 0 Å². The second kappa shape index (κ2) is 8.72. The third-order valence-electron chi connectivity index (χ3n) is 7.07. The highest BCUT2D eigenvalue weighted by Gasteiger charge is 2.38. The van der Waals surface area contributed by atoms with Crippen LogP contribution in [0.15, 0.2) is 47.9 Å². The van der Waals surface area contributed by atoms with Gasteiger partial charge in [-0.25, -0.2) is 0 Å². The van der Waals surface area contributed by atoms with E-state index in [0.29, 0.717) is 5.56 Å². The number of hydrogen-bond acceptors (Lipinski definition) is 3. The van der Waals surface area contributed by atoms with Crippen LogP contribution in [0.1, 0.15) is 67.2 Å². The summed E-state index contributed by atoms with van der Waals surface area (Å²) >= 11 is 0. The molecule has 0 unspecified atom stereocenters. The van der Waals surface area contributed by atoms with Crippen LogP contribution < -0.4 is 5.56 Å². The van der Waals surface area contributed by atoms with Gasteiger partial charge in [0, 0.05) is 32.0 Å². The van der Waals surface area contributed by atoms with Crippen LogP contribution in [0.2, 0.25) is 0 Å². The van der Waals surface area contributed by atoms with Gasteiger partial charge in [-0.05, 0) is 30.4 Å². The van der Waals surface area contributed by atoms with Crippen LogP contribution in [0.3, 0.4) is 0 Å². The van der Waals surface area contributed by atoms with E-state index in [1.54, 1.807) is 6.08 Å². The minimum absolute atomic E-state index is 0.0427. The van der Waals surface area contributed by atoms with Crippen molar-refractivity contribution in [1.82, 2.24) is 14.5 Å². The fourth-order valence-corrected chi connectivity index (χ4v) is 5.46. The van der Waals surface area contributed by atoms with E-state index in [9.17, 15) is 4.79 Å². The van der Waals surface area contributed by atoms with Crippen molar-refractivity contribution in [2.75, 3.05) is 13.6 Å². The smallest absolute Gasteiger partial charge is 0.280 e. The summed E-state index contributed by atoms with van der Waals surface area (Å²) in [5.74, 6) is 0.884. The molecule has 2 heterocycles. The fourth-order valence-electron chi connectivity index (χ4n) is 5.46. The zero-order chi connectivity index (χ0) is 22.0. The summed E-state index contributed by atoms with van der Waals surface area (Å²) in [5.41, 5.74) is 7.96. The lowest BCUT2D eigenvalue weighted by Gasteiger charge is -2.35. The molecule has 0 N–H and O–H groups in total. The molecule has 4 heteroatoms. The van der Waals surface area contributed by atoms with Crippen LogP contribution in [0.5, 0.6) is 0 Å². The molecule has 1 aliphatic heterocycles. The molecule has 4 nitrogen and oxygen atoms in total. The molecular weight excluding hydrogens is 382 g/mol. The Hall–Kier alpha value is -2.84. The molecule has 0 bridgehead atoms. The Kier molecular flexibility index (Phi) is 6.02. The van der Waals surface area contributed by atoms with Gasteiger partial charge >= 0.3 is 0 Å². The molecule has 2 aromatic rings. The summed E-state index contributed by atoms with van der Waals surface area (Å²) in [5, 5.41) is 0. The Labute approximate surface area is 185 Å². The zero-order valence-electron chi connectivity index (χ0n) is 18.9. The van der Waals surface area contributed by atoms with Gasteiger partial charge in [-0.3, -0.25) is 4.79 Å². The first-order valence-electron chi connectivity index (χ1n) is 11.5. The maximum Gasteiger partial charge on any atom is 0.280 e. The van der Waals surface area contributed by atoms with Crippen LogP contribution in [-0.4, -0.2) is 28.0 Å². The molecule has 0 atom stereocenters. The number of benzene rings is 1. The van der Waals surface area contributed by atoms with E-state index >= 15 is 0 Å². The number of likely N-dealkylation sites (N-methyl/N-ethyl adjacent to an activating group) is 1. The molecule has 2 aliphatic rings. The lowest BCUT2D eigenvalue weighted by Crippen LogP contribution is -2.38. The Morgan fingerprint density at radius 2 is 2.03 bits per heavy atom. The Morgan fingerprint density at radius 1 is 1.26 bits per heavy atom. The SMILES string of the molecule is C=C=C1c2c(C=C)c(=O)nc(CC3(c4cccc(CCC)c4)CCCC3)n2CCN1C. The summed E-state index contributed by atoms with van der Waals surface area (Å²) in [7, 11) is 2.02. The van der Waals surface area contributed by atoms with Crippen LogP contribution in [0, 0.1) is 0 Å². The molecule has 1 saturated carbocycles. The normalized spacial score (nSPS) is 17.4. The van der Waals surface area contributed by atoms with Crippen molar-refractivity contribution in [3.63, 3.8) is 0 Å². The molecule has 4 rings (SSSR count). The summed E-state index contributed by atoms with van der Waals surface area (Å²) in [6, 6.07) is 9.10. The van der Waals surface area contributed by atoms with Gasteiger partial charge in [-0.15, -0.1) is 5.73 Å². The summed E-state index contributed by atoms with van der Waals surface area (Å²) < 4.78 is 2.22. The predicted octanol–water partition coefficient (Wildman–Crippen LogP) is 4.96. The van der Waals surface area contributed by atoms with Gasteiger partial charge in [0.2, 0.25) is 0 Å². The molecular formula is C27H33N3O. The van der Waals surface area contributed by atoms with E-state index in [1.165, 1.54) is 24.0 Å². The molecule has 1 aromatic heterocycles. The van der Waals surface area contributed by atoms with Gasteiger partial charge in [0.05, 0.1) is 11.3 Å². The predicted molar refractivity (Wildman–Crippen MR) is 128 cm³/mol. The van der Waals surface area contributed by atoms with E-state index in [4.69, 9.17) is 0 Å². The average Bonchev–Trinajstić information content (AvgIpc) is 3.24. The quantitative estimate of drug-likeness (QED) is 0.626. The molecule has 0 saturated heterocycles. The van der Waals surface area contributed by atoms with Crippen molar-refractivity contribution in [3.8, 4) is 0 Å². The Morgan fingerprint density at radius 3 is 2.71 bits per heavy atom. The fraction of sp³-hybridized carbons (Fsp3) is 0.444. The first-order valence-corrected chi connectivity index (χ1v) is 11.5. The van der Waals surface area contributed by atoms with Crippen LogP contribution in [0.4, 0.5) is 0 Å². The Bertz CT molecular complexity index is 1100. The number of aryl methyl sites for hydroxylation is 1. The van der Waals surface area contributed by atoms with Crippen molar-refractivity contribution < 1.29 is 0 Å². The zero-order valence-corrected chi connectivity index (χ0v) is 18.9. The van der Waals surface area contributed by atoms with Gasteiger partial charge in [-0.2, -0.15) is 4.98 Å². The van der Waals surface area contributed by atoms with Crippen LogP contribution in [-0.2, 0) is 24.8 Å². The van der Waals surface area contributed by atoms with Crippen molar-refractivity contribution >= 4 is 11.8 Å². The third kappa shape index (κ3) is 3.81. The largest absolute Gasteiger partial charge is 0.365 e. The minimum atomic E-state index is -0.202. The number of nitrogens with zero attached hydrogens (tertiary/aromatic N) is 3. The second-order valence-corrected chi connectivity index (χ2v) is 9.01. The maximum atomic E-state index is 13.0. The molecule has 1 fully saturated rings. The van der Waals surface area contributed by atoms with Gasteiger partial charge in [0.1, 0.15) is 11.5 Å². The standard InChI is InChI=1S/C27H33N3O/c1-5-11-20-12-10-13-21(18-20)27(14-8-9-15-27)19-24-28-26(31)22(6-2)25-23(7-3)29(4)16-17-30(24)25/h6,10,12-13,18H,2-3,5,8-9,11,14-17,19H2,1,4H3. The van der Waals surface area contributed by atoms with Gasteiger partial charge < -0.3 is 9.47 Å². The maximum absolute atomic E-state index is 13.0. The number of fused-ring (bicyclic) bond motifs is 1. The van der Waals surface area contributed by atoms with E-state index in [-0.39, 0.29) is 11.0 Å². The molecule has 0 spiro atoms. The number of hydrogen-bond donors (Lipinski definition) is 0. The van der Waals surface area contributed by atoms with Crippen molar-refractivity contribution in [2.24, 2.45) is 0 Å². The van der Waals surface area contributed by atoms with Crippen LogP contribution >= 0.6 is 0 Å². The van der Waals surface area contributed by atoms with E-state index < -0.39 is 0 Å².